The Morgan fingerprint density at radius 3 is 1.03 bits per heavy atom. The molecule has 0 spiro atoms. The van der Waals surface area contributed by atoms with Crippen molar-refractivity contribution < 1.29 is 182 Å². The molecule has 12 heterocycles. The summed E-state index contributed by atoms with van der Waals surface area (Å²) in [4.78, 5) is 151. The molecule has 3 aromatic carbocycles. The van der Waals surface area contributed by atoms with Crippen molar-refractivity contribution in [3.8, 4) is 34.9 Å². The Labute approximate surface area is 852 Å². The zero-order valence-corrected chi connectivity index (χ0v) is 85.7. The van der Waals surface area contributed by atoms with Gasteiger partial charge in [-0.1, -0.05) is 78.9 Å². The Bertz CT molecular complexity index is 5490. The van der Waals surface area contributed by atoms with Gasteiger partial charge in [0.2, 0.25) is 35.4 Å². The van der Waals surface area contributed by atoms with Crippen molar-refractivity contribution in [1.82, 2.24) is 44.6 Å². The normalized spacial score (nSPS) is 31.5. The van der Waals surface area contributed by atoms with Crippen molar-refractivity contribution >= 4 is 87.6 Å². The van der Waals surface area contributed by atoms with Gasteiger partial charge in [-0.05, 0) is 198 Å². The fraction of sp³-hybridized carbons (Fsp3) is 0.676. The van der Waals surface area contributed by atoms with E-state index in [-0.39, 0.29) is 196 Å². The first kappa shape index (κ1) is 110. The monoisotopic (exact) mass is 2080 g/mol. The molecule has 6 bridgehead atoms. The van der Waals surface area contributed by atoms with E-state index in [1.165, 1.54) is 36.0 Å². The molecule has 765 valence electrons. The third kappa shape index (κ3) is 24.1. The third-order valence-corrected chi connectivity index (χ3v) is 32.0. The molecule has 6 aromatic rings. The van der Waals surface area contributed by atoms with E-state index >= 15 is 26.3 Å². The summed E-state index contributed by atoms with van der Waals surface area (Å²) in [5.41, 5.74) is -2.37. The molecular weight excluding hydrogens is 1950 g/mol. The van der Waals surface area contributed by atoms with Crippen LogP contribution in [0.2, 0.25) is 0 Å². The van der Waals surface area contributed by atoms with Crippen molar-refractivity contribution in [3.63, 3.8) is 0 Å². The minimum absolute atomic E-state index is 0. The number of aromatic nitrogens is 6. The summed E-state index contributed by atoms with van der Waals surface area (Å²) in [7, 11) is 4.48. The number of carbonyl (C=O) groups excluding carboxylic acids is 9. The number of carbonyl (C=O) groups is 6. The van der Waals surface area contributed by atoms with Crippen molar-refractivity contribution in [2.75, 3.05) is 80.6 Å². The van der Waals surface area contributed by atoms with Crippen molar-refractivity contribution in [2.24, 2.45) is 69.5 Å². The van der Waals surface area contributed by atoms with Crippen LogP contribution in [0.1, 0.15) is 232 Å². The van der Waals surface area contributed by atoms with Crippen LogP contribution >= 0.6 is 0 Å². The number of alkyl halides is 6. The van der Waals surface area contributed by atoms with Crippen LogP contribution in [0.4, 0.5) is 26.3 Å². The van der Waals surface area contributed by atoms with E-state index in [0.29, 0.717) is 170 Å². The van der Waals surface area contributed by atoms with Gasteiger partial charge in [-0.2, -0.15) is 26.3 Å². The topological polar surface area (TPSA) is 351 Å². The zero-order chi connectivity index (χ0) is 98.1. The van der Waals surface area contributed by atoms with E-state index in [9.17, 15) is 43.2 Å². The summed E-state index contributed by atoms with van der Waals surface area (Å²) in [5, 5.41) is 0. The SMILES string of the molecule is COc1ccc2nc3c(nc2c1)O[C@H]1CN(C(=O)[C@H](C2(C)CCOCC2)CC(=O)O[C@@H]2CCC[C@H]2CCCCC3(F)F)[C@H]([C-]=O)[C@@H]1C.COc1ccc2nc3c(nc2c1)O[C@H]1CN(C(=O)[C@H](C2(C)CCOCC2)CC(=O)O[C@@H]2C[C@H]2CCCCC3(F)F)[C@H]([C-]=O)[C@@H]1C.COc1ccc2nc3c(nc2c1)O[C@H]1CN(C(=O)[C@H](C2(C)CCOCC2)CC(=O)O[C@]2(C)C[C@H]2CCCCC3(F)F)[C@H]([C-]=O)[C@@H]1C.[V].[V].[V]. The number of rotatable bonds is 9. The standard InChI is InChI=1S/C35H44F2N3O7.C34H42F2N3O7.C33H40F2N3O7.3V/c1-21-27(20-41)40-19-29(21)47-32-31(38-25-11-10-23(44-3)17-26(25)39-32)35(36,37)12-5-4-7-22-8-6-9-28(22)46-30(42)18-24(33(40)43)34(2)13-15-45-16-14-34;1-20-26(19-40)39-18-27(20)45-30-29(37-24-9-8-22(43-4)15-25(24)38-30)34(35,36)10-6-5-7-21-17-33(21,3)46-28(41)16-23(31(39)42)32(2)11-13-44-14-12-32;1-19-25(18-39)38-17-27(19)45-30-29(36-23-8-7-21(42-3)15-24(23)37-30)33(34,35)9-5-4-6-20-14-26(20)44-28(40)16-22(31(38)41)32(2)10-12-43-13-11-32;;;/h10-11,17,21-22,24,27-29H,4-9,12-16,18-19H2,1-3H3;8-9,15,20-21,23,26-27H,5-7,10-14,16-18H2,1-4H3;7-8,15,19-20,22,25-27H,4-6,9-14,16-17H2,1-3H3;;;/q3*-1;;;/t21-,22+,24+,27+,28+,29-;20-,21+,23+,26+,27-,33+;19-,20+,22+,25+,26+,27-;;;/m000.../s1. The molecule has 3 saturated carbocycles. The number of methoxy groups -OCH3 is 3. The molecule has 9 aliphatic heterocycles. The number of esters is 3. The maximum absolute atomic E-state index is 16.1. The Morgan fingerprint density at radius 2 is 0.688 bits per heavy atom. The molecule has 3 radical (unpaired) electrons. The van der Waals surface area contributed by atoms with Gasteiger partial charge in [0, 0.05) is 139 Å². The fourth-order valence-electron chi connectivity index (χ4n) is 22.3. The number of fused-ring (bicyclic) bond motifs is 15. The van der Waals surface area contributed by atoms with Gasteiger partial charge in [0.05, 0.1) is 111 Å². The summed E-state index contributed by atoms with van der Waals surface area (Å²) in [6, 6.07) is 11.4. The second-order valence-corrected chi connectivity index (χ2v) is 41.3. The Morgan fingerprint density at radius 1 is 0.369 bits per heavy atom. The first-order valence-electron chi connectivity index (χ1n) is 49.0. The second kappa shape index (κ2) is 45.7. The van der Waals surface area contributed by atoms with Gasteiger partial charge >= 0.3 is 17.9 Å². The number of amides is 3. The molecule has 3 aromatic heterocycles. The van der Waals surface area contributed by atoms with Crippen LogP contribution in [0.25, 0.3) is 33.1 Å². The largest absolute Gasteiger partial charge is 0.540 e. The van der Waals surface area contributed by atoms with Crippen LogP contribution < -0.4 is 28.4 Å². The molecule has 18 rings (SSSR count). The maximum Gasteiger partial charge on any atom is 0.307 e. The van der Waals surface area contributed by atoms with Crippen LogP contribution in [0.3, 0.4) is 0 Å². The Kier molecular flexibility index (Phi) is 35.5. The molecule has 0 unspecified atom stereocenters. The Balaban J connectivity index is 0.000000176. The van der Waals surface area contributed by atoms with Gasteiger partial charge in [-0.15, -0.1) is 0 Å². The smallest absolute Gasteiger partial charge is 0.307 e. The van der Waals surface area contributed by atoms with E-state index in [0.717, 1.165) is 12.8 Å². The molecule has 12 aliphatic rings. The molecular formula is C102H126F6N9O21V3-3. The van der Waals surface area contributed by atoms with Crippen LogP contribution in [-0.2, 0) is 145 Å². The number of ether oxygens (including phenoxy) is 12. The van der Waals surface area contributed by atoms with E-state index in [1.807, 2.05) is 46.6 Å². The van der Waals surface area contributed by atoms with Gasteiger partial charge in [-0.3, -0.25) is 28.8 Å². The molecule has 9 fully saturated rings. The first-order valence-corrected chi connectivity index (χ1v) is 49.0. The van der Waals surface area contributed by atoms with Crippen LogP contribution in [0, 0.1) is 69.5 Å². The minimum Gasteiger partial charge on any atom is -0.540 e. The van der Waals surface area contributed by atoms with E-state index in [2.05, 4.69) is 29.9 Å². The molecule has 6 saturated heterocycles. The quantitative estimate of drug-likeness (QED) is 0.0561. The van der Waals surface area contributed by atoms with E-state index in [1.54, 1.807) is 75.4 Å². The van der Waals surface area contributed by atoms with Crippen LogP contribution in [-0.4, -0.2) is 234 Å². The van der Waals surface area contributed by atoms with E-state index < -0.39 is 166 Å². The first-order chi connectivity index (χ1) is 65.9. The number of nitrogens with zero attached hydrogens (tertiary/aromatic N) is 9. The van der Waals surface area contributed by atoms with Gasteiger partial charge in [0.15, 0.2) is 17.1 Å². The van der Waals surface area contributed by atoms with Gasteiger partial charge < -0.3 is 85.9 Å². The van der Waals surface area contributed by atoms with Crippen molar-refractivity contribution in [2.45, 2.75) is 287 Å². The second-order valence-electron chi connectivity index (χ2n) is 41.3. The molecule has 18 atom stereocenters. The van der Waals surface area contributed by atoms with Crippen LogP contribution in [0.15, 0.2) is 54.6 Å². The molecule has 39 heteroatoms. The number of benzene rings is 3. The maximum atomic E-state index is 16.1. The summed E-state index contributed by atoms with van der Waals surface area (Å²) in [6.45, 7) is 15.5. The Hall–Kier alpha value is -8.48. The summed E-state index contributed by atoms with van der Waals surface area (Å²) in [5.74, 6) is -16.0. The van der Waals surface area contributed by atoms with Crippen molar-refractivity contribution in [1.29, 1.82) is 0 Å². The minimum atomic E-state index is -3.36. The predicted molar refractivity (Wildman–Crippen MR) is 486 cm³/mol. The number of hydrogen-bond acceptors (Lipinski definition) is 27. The van der Waals surface area contributed by atoms with E-state index in [4.69, 9.17) is 56.8 Å². The fourth-order valence-corrected chi connectivity index (χ4v) is 22.3. The predicted octanol–water partition coefficient (Wildman–Crippen LogP) is 15.5. The molecule has 3 aliphatic carbocycles. The third-order valence-electron chi connectivity index (χ3n) is 32.0. The number of hydrogen-bond donors (Lipinski definition) is 0. The average molecular weight is 2080 g/mol. The van der Waals surface area contributed by atoms with Gasteiger partial charge in [0.1, 0.15) is 53.4 Å². The van der Waals surface area contributed by atoms with Crippen molar-refractivity contribution in [3.05, 3.63) is 71.7 Å². The summed E-state index contributed by atoms with van der Waals surface area (Å²) < 4.78 is 165. The van der Waals surface area contributed by atoms with Gasteiger partial charge in [0.25, 0.3) is 17.8 Å². The average Bonchev–Trinajstić information content (AvgIpc) is 1.64. The molecule has 141 heavy (non-hydrogen) atoms. The molecule has 3 amide bonds. The molecule has 30 nitrogen and oxygen atoms in total. The summed E-state index contributed by atoms with van der Waals surface area (Å²) in [6.07, 6.45) is 12.4. The van der Waals surface area contributed by atoms with Gasteiger partial charge in [-0.25, -0.2) is 48.8 Å². The van der Waals surface area contributed by atoms with Crippen LogP contribution in [0.5, 0.6) is 34.9 Å². The molecule has 0 N–H and O–H groups in total. The zero-order valence-electron chi connectivity index (χ0n) is 81.5. The summed E-state index contributed by atoms with van der Waals surface area (Å²) >= 11 is 0. The number of halogens is 6.